The molecule has 1 aromatic carbocycles. The molecule has 0 saturated carbocycles. The van der Waals surface area contributed by atoms with Gasteiger partial charge in [-0.05, 0) is 23.8 Å². The van der Waals surface area contributed by atoms with Crippen molar-refractivity contribution in [2.75, 3.05) is 19.8 Å². The molecule has 2 rings (SSSR count). The SMILES string of the molecule is O=C(/C=C/c1cccc(F)c1)OCC(=O)N1CCOC1=O. The van der Waals surface area contributed by atoms with Crippen molar-refractivity contribution in [2.45, 2.75) is 0 Å². The van der Waals surface area contributed by atoms with Crippen LogP contribution in [0.5, 0.6) is 0 Å². The summed E-state index contributed by atoms with van der Waals surface area (Å²) in [6, 6.07) is 5.64. The van der Waals surface area contributed by atoms with E-state index < -0.39 is 30.4 Å². The number of rotatable bonds is 4. The maximum absolute atomic E-state index is 12.9. The van der Waals surface area contributed by atoms with E-state index in [-0.39, 0.29) is 13.2 Å². The Morgan fingerprint density at radius 3 is 2.90 bits per heavy atom. The summed E-state index contributed by atoms with van der Waals surface area (Å²) in [4.78, 5) is 34.9. The first-order chi connectivity index (χ1) is 10.1. The summed E-state index contributed by atoms with van der Waals surface area (Å²) < 4.78 is 22.2. The first kappa shape index (κ1) is 14.7. The third-order valence-electron chi connectivity index (χ3n) is 2.66. The number of halogens is 1. The summed E-state index contributed by atoms with van der Waals surface area (Å²) >= 11 is 0. The van der Waals surface area contributed by atoms with E-state index >= 15 is 0 Å². The van der Waals surface area contributed by atoms with E-state index in [9.17, 15) is 18.8 Å². The molecule has 2 amide bonds. The molecular weight excluding hydrogens is 281 g/mol. The van der Waals surface area contributed by atoms with Gasteiger partial charge < -0.3 is 9.47 Å². The number of carbonyl (C=O) groups is 3. The summed E-state index contributed by atoms with van der Waals surface area (Å²) in [5.41, 5.74) is 0.487. The highest BCUT2D eigenvalue weighted by Crippen LogP contribution is 2.06. The molecule has 1 saturated heterocycles. The van der Waals surface area contributed by atoms with Gasteiger partial charge >= 0.3 is 12.1 Å². The predicted molar refractivity (Wildman–Crippen MR) is 69.5 cm³/mol. The number of hydrogen-bond acceptors (Lipinski definition) is 5. The monoisotopic (exact) mass is 293 g/mol. The predicted octanol–water partition coefficient (Wildman–Crippen LogP) is 1.36. The van der Waals surface area contributed by atoms with Gasteiger partial charge in [-0.3, -0.25) is 4.79 Å². The molecule has 0 unspecified atom stereocenters. The number of imide groups is 1. The number of nitrogens with zero attached hydrogens (tertiary/aromatic N) is 1. The van der Waals surface area contributed by atoms with E-state index in [1.165, 1.54) is 24.3 Å². The van der Waals surface area contributed by atoms with Crippen molar-refractivity contribution in [3.63, 3.8) is 0 Å². The minimum atomic E-state index is -0.764. The second-order valence-electron chi connectivity index (χ2n) is 4.16. The fourth-order valence-electron chi connectivity index (χ4n) is 1.65. The molecule has 1 heterocycles. The highest BCUT2D eigenvalue weighted by Gasteiger charge is 2.28. The fraction of sp³-hybridized carbons (Fsp3) is 0.214. The number of carbonyl (C=O) groups excluding carboxylic acids is 3. The summed E-state index contributed by atoms with van der Waals surface area (Å²) in [7, 11) is 0. The van der Waals surface area contributed by atoms with Crippen LogP contribution in [0.25, 0.3) is 6.08 Å². The van der Waals surface area contributed by atoms with Crippen LogP contribution in [0, 0.1) is 5.82 Å². The van der Waals surface area contributed by atoms with Gasteiger partial charge in [-0.15, -0.1) is 0 Å². The van der Waals surface area contributed by atoms with Gasteiger partial charge in [0.1, 0.15) is 12.4 Å². The number of amides is 2. The molecule has 1 aromatic rings. The van der Waals surface area contributed by atoms with E-state index in [1.807, 2.05) is 0 Å². The Kier molecular flexibility index (Phi) is 4.65. The van der Waals surface area contributed by atoms with Crippen LogP contribution in [0.4, 0.5) is 9.18 Å². The molecule has 0 aliphatic carbocycles. The van der Waals surface area contributed by atoms with Crippen LogP contribution < -0.4 is 0 Å². The summed E-state index contributed by atoms with van der Waals surface area (Å²) in [6.07, 6.45) is 1.69. The molecule has 0 N–H and O–H groups in total. The molecule has 6 nitrogen and oxygen atoms in total. The molecule has 0 atom stereocenters. The summed E-state index contributed by atoms with van der Waals surface area (Å²) in [5, 5.41) is 0. The first-order valence-electron chi connectivity index (χ1n) is 6.14. The zero-order chi connectivity index (χ0) is 15.2. The van der Waals surface area contributed by atoms with Gasteiger partial charge in [0, 0.05) is 6.08 Å². The van der Waals surface area contributed by atoms with E-state index in [0.29, 0.717) is 5.56 Å². The fourth-order valence-corrected chi connectivity index (χ4v) is 1.65. The van der Waals surface area contributed by atoms with Gasteiger partial charge in [-0.25, -0.2) is 18.9 Å². The Morgan fingerprint density at radius 2 is 2.24 bits per heavy atom. The maximum Gasteiger partial charge on any atom is 0.416 e. The highest BCUT2D eigenvalue weighted by atomic mass is 19.1. The maximum atomic E-state index is 12.9. The molecular formula is C14H12FNO5. The van der Waals surface area contributed by atoms with Gasteiger partial charge in [-0.2, -0.15) is 0 Å². The van der Waals surface area contributed by atoms with E-state index in [0.717, 1.165) is 11.0 Å². The van der Waals surface area contributed by atoms with Crippen LogP contribution in [0.15, 0.2) is 30.3 Å². The lowest BCUT2D eigenvalue weighted by atomic mass is 10.2. The van der Waals surface area contributed by atoms with Crippen LogP contribution in [-0.2, 0) is 19.1 Å². The molecule has 0 radical (unpaired) electrons. The van der Waals surface area contributed by atoms with Crippen molar-refractivity contribution < 1.29 is 28.2 Å². The molecule has 0 aromatic heterocycles. The molecule has 1 aliphatic heterocycles. The van der Waals surface area contributed by atoms with Crippen LogP contribution in [0.2, 0.25) is 0 Å². The minimum Gasteiger partial charge on any atom is -0.452 e. The standard InChI is InChI=1S/C14H12FNO5/c15-11-3-1-2-10(8-11)4-5-13(18)21-9-12(17)16-6-7-20-14(16)19/h1-5,8H,6-7,9H2/b5-4+. The normalized spacial score (nSPS) is 14.3. The first-order valence-corrected chi connectivity index (χ1v) is 6.14. The minimum absolute atomic E-state index is 0.137. The number of esters is 1. The van der Waals surface area contributed by atoms with Crippen molar-refractivity contribution in [3.8, 4) is 0 Å². The Morgan fingerprint density at radius 1 is 1.43 bits per heavy atom. The molecule has 1 fully saturated rings. The summed E-state index contributed by atoms with van der Waals surface area (Å²) in [5.74, 6) is -1.83. The lowest BCUT2D eigenvalue weighted by Crippen LogP contribution is -2.35. The number of cyclic esters (lactones) is 1. The van der Waals surface area contributed by atoms with Crippen LogP contribution in [0.3, 0.4) is 0 Å². The van der Waals surface area contributed by atoms with Gasteiger partial charge in [0.15, 0.2) is 6.61 Å². The smallest absolute Gasteiger partial charge is 0.416 e. The van der Waals surface area contributed by atoms with Gasteiger partial charge in [0.2, 0.25) is 0 Å². The van der Waals surface area contributed by atoms with E-state index in [1.54, 1.807) is 6.07 Å². The number of ether oxygens (including phenoxy) is 2. The third-order valence-corrected chi connectivity index (χ3v) is 2.66. The summed E-state index contributed by atoms with van der Waals surface area (Å²) in [6.45, 7) is -0.270. The van der Waals surface area contributed by atoms with Crippen LogP contribution >= 0.6 is 0 Å². The highest BCUT2D eigenvalue weighted by molar-refractivity contribution is 5.95. The molecule has 0 spiro atoms. The second-order valence-corrected chi connectivity index (χ2v) is 4.16. The Balaban J connectivity index is 1.82. The Hall–Kier alpha value is -2.70. The lowest BCUT2D eigenvalue weighted by molar-refractivity contribution is -0.146. The van der Waals surface area contributed by atoms with Gasteiger partial charge in [0.25, 0.3) is 5.91 Å². The van der Waals surface area contributed by atoms with Gasteiger partial charge in [0.05, 0.1) is 6.54 Å². The number of benzene rings is 1. The van der Waals surface area contributed by atoms with Crippen molar-refractivity contribution in [1.29, 1.82) is 0 Å². The average Bonchev–Trinajstić information content (AvgIpc) is 2.89. The molecule has 1 aliphatic rings. The van der Waals surface area contributed by atoms with Crippen molar-refractivity contribution in [2.24, 2.45) is 0 Å². The van der Waals surface area contributed by atoms with Crippen molar-refractivity contribution >= 4 is 24.0 Å². The topological polar surface area (TPSA) is 72.9 Å². The Bertz CT molecular complexity index is 599. The lowest BCUT2D eigenvalue weighted by Gasteiger charge is -2.09. The second kappa shape index (κ2) is 6.65. The zero-order valence-corrected chi connectivity index (χ0v) is 11.0. The zero-order valence-electron chi connectivity index (χ0n) is 11.0. The number of hydrogen-bond donors (Lipinski definition) is 0. The van der Waals surface area contributed by atoms with Crippen molar-refractivity contribution in [3.05, 3.63) is 41.7 Å². The molecule has 110 valence electrons. The van der Waals surface area contributed by atoms with E-state index in [4.69, 9.17) is 4.74 Å². The van der Waals surface area contributed by atoms with Crippen molar-refractivity contribution in [1.82, 2.24) is 4.90 Å². The molecule has 21 heavy (non-hydrogen) atoms. The van der Waals surface area contributed by atoms with Gasteiger partial charge in [-0.1, -0.05) is 12.1 Å². The van der Waals surface area contributed by atoms with Crippen LogP contribution in [-0.4, -0.2) is 42.6 Å². The van der Waals surface area contributed by atoms with Crippen LogP contribution in [0.1, 0.15) is 5.56 Å². The average molecular weight is 293 g/mol. The Labute approximate surface area is 119 Å². The molecule has 0 bridgehead atoms. The quantitative estimate of drug-likeness (QED) is 0.619. The third kappa shape index (κ3) is 4.13. The largest absolute Gasteiger partial charge is 0.452 e. The molecule has 7 heteroatoms. The van der Waals surface area contributed by atoms with E-state index in [2.05, 4.69) is 4.74 Å².